The zero-order valence-corrected chi connectivity index (χ0v) is 18.7. The SMILES string of the molecule is CCOC(=O)c1c(NC(=O)COC(=O)c2ccc(Cl)c(S(N)(=O)=O)c2)sc(C)c1C. The average Bonchev–Trinajstić information content (AvgIpc) is 2.92. The molecule has 0 fully saturated rings. The molecule has 162 valence electrons. The van der Waals surface area contributed by atoms with E-state index in [4.69, 9.17) is 26.2 Å². The maximum absolute atomic E-state index is 12.2. The van der Waals surface area contributed by atoms with Crippen LogP contribution in [0.4, 0.5) is 5.00 Å². The van der Waals surface area contributed by atoms with E-state index in [9.17, 15) is 22.8 Å². The summed E-state index contributed by atoms with van der Waals surface area (Å²) >= 11 is 6.96. The van der Waals surface area contributed by atoms with E-state index < -0.39 is 39.4 Å². The Bertz CT molecular complexity index is 1110. The van der Waals surface area contributed by atoms with Crippen molar-refractivity contribution in [2.45, 2.75) is 25.7 Å². The number of nitrogens with one attached hydrogen (secondary N) is 1. The van der Waals surface area contributed by atoms with Crippen molar-refractivity contribution >= 4 is 55.8 Å². The van der Waals surface area contributed by atoms with E-state index in [0.717, 1.165) is 10.9 Å². The highest BCUT2D eigenvalue weighted by Crippen LogP contribution is 2.33. The molecule has 1 aromatic carbocycles. The summed E-state index contributed by atoms with van der Waals surface area (Å²) in [5, 5.41) is 7.71. The number of primary sulfonamides is 1. The molecule has 0 bridgehead atoms. The lowest BCUT2D eigenvalue weighted by Crippen LogP contribution is -2.22. The third kappa shape index (κ3) is 5.57. The van der Waals surface area contributed by atoms with Crippen LogP contribution in [0.1, 0.15) is 38.1 Å². The molecule has 0 saturated carbocycles. The smallest absolute Gasteiger partial charge is 0.341 e. The summed E-state index contributed by atoms with van der Waals surface area (Å²) in [6, 6.07) is 3.38. The van der Waals surface area contributed by atoms with Gasteiger partial charge < -0.3 is 14.8 Å². The highest BCUT2D eigenvalue weighted by atomic mass is 35.5. The van der Waals surface area contributed by atoms with Crippen LogP contribution in [0.5, 0.6) is 0 Å². The Morgan fingerprint density at radius 2 is 1.83 bits per heavy atom. The summed E-state index contributed by atoms with van der Waals surface area (Å²) in [5.41, 5.74) is 0.781. The van der Waals surface area contributed by atoms with Crippen molar-refractivity contribution in [2.24, 2.45) is 5.14 Å². The first-order valence-electron chi connectivity index (χ1n) is 8.52. The number of benzene rings is 1. The molecule has 30 heavy (non-hydrogen) atoms. The number of rotatable bonds is 7. The molecule has 2 rings (SSSR count). The molecule has 1 heterocycles. The van der Waals surface area contributed by atoms with Crippen molar-refractivity contribution < 1.29 is 32.3 Å². The predicted molar refractivity (Wildman–Crippen MR) is 111 cm³/mol. The number of nitrogens with two attached hydrogens (primary N) is 1. The first-order valence-corrected chi connectivity index (χ1v) is 11.3. The van der Waals surface area contributed by atoms with Crippen LogP contribution < -0.4 is 10.5 Å². The van der Waals surface area contributed by atoms with E-state index in [1.54, 1.807) is 20.8 Å². The molecule has 1 amide bonds. The van der Waals surface area contributed by atoms with Crippen LogP contribution in [0.3, 0.4) is 0 Å². The van der Waals surface area contributed by atoms with Crippen LogP contribution in [0, 0.1) is 13.8 Å². The molecule has 1 aromatic heterocycles. The molecule has 0 saturated heterocycles. The van der Waals surface area contributed by atoms with Crippen molar-refractivity contribution in [1.82, 2.24) is 0 Å². The number of carbonyl (C=O) groups is 3. The fourth-order valence-corrected chi connectivity index (χ4v) is 4.53. The van der Waals surface area contributed by atoms with Gasteiger partial charge in [-0.3, -0.25) is 4.79 Å². The highest BCUT2D eigenvalue weighted by molar-refractivity contribution is 7.89. The zero-order valence-electron chi connectivity index (χ0n) is 16.3. The van der Waals surface area contributed by atoms with E-state index in [-0.39, 0.29) is 27.8 Å². The molecule has 0 unspecified atom stereocenters. The first-order chi connectivity index (χ1) is 14.0. The van der Waals surface area contributed by atoms with Crippen LogP contribution in [-0.4, -0.2) is 39.5 Å². The summed E-state index contributed by atoms with van der Waals surface area (Å²) in [6.45, 7) is 4.71. The number of thiophene rings is 1. The third-order valence-electron chi connectivity index (χ3n) is 3.93. The molecule has 12 heteroatoms. The lowest BCUT2D eigenvalue weighted by atomic mass is 10.1. The molecule has 2 aromatic rings. The van der Waals surface area contributed by atoms with Gasteiger partial charge >= 0.3 is 11.9 Å². The second kappa shape index (κ2) is 9.56. The summed E-state index contributed by atoms with van der Waals surface area (Å²) in [7, 11) is -4.14. The van der Waals surface area contributed by atoms with Crippen molar-refractivity contribution in [2.75, 3.05) is 18.5 Å². The maximum Gasteiger partial charge on any atom is 0.341 e. The fraction of sp³-hybridized carbons (Fsp3) is 0.278. The monoisotopic (exact) mass is 474 g/mol. The number of hydrogen-bond donors (Lipinski definition) is 2. The van der Waals surface area contributed by atoms with Crippen LogP contribution in [0.25, 0.3) is 0 Å². The van der Waals surface area contributed by atoms with Gasteiger partial charge in [0.25, 0.3) is 5.91 Å². The van der Waals surface area contributed by atoms with Gasteiger partial charge in [0.1, 0.15) is 9.90 Å². The summed E-state index contributed by atoms with van der Waals surface area (Å²) < 4.78 is 32.9. The number of aryl methyl sites for hydroxylation is 1. The largest absolute Gasteiger partial charge is 0.462 e. The quantitative estimate of drug-likeness (QED) is 0.587. The Hall–Kier alpha value is -2.47. The van der Waals surface area contributed by atoms with Crippen LogP contribution in [-0.2, 0) is 24.3 Å². The van der Waals surface area contributed by atoms with Gasteiger partial charge in [-0.1, -0.05) is 11.6 Å². The standard InChI is InChI=1S/C18H19ClN2O7S2/c1-4-27-18(24)15-9(2)10(3)29-16(15)21-14(22)8-28-17(23)11-5-6-12(19)13(7-11)30(20,25)26/h5-7H,4,8H2,1-3H3,(H,21,22)(H2,20,25,26). The van der Waals surface area contributed by atoms with E-state index in [1.165, 1.54) is 23.5 Å². The Labute approximate surface area is 182 Å². The fourth-order valence-electron chi connectivity index (χ4n) is 2.39. The zero-order chi connectivity index (χ0) is 22.6. The van der Waals surface area contributed by atoms with E-state index in [0.29, 0.717) is 5.56 Å². The molecular formula is C18H19ClN2O7S2. The minimum atomic E-state index is -4.14. The lowest BCUT2D eigenvalue weighted by molar-refractivity contribution is -0.119. The van der Waals surface area contributed by atoms with Gasteiger partial charge in [-0.25, -0.2) is 23.1 Å². The van der Waals surface area contributed by atoms with Gasteiger partial charge in [0.15, 0.2) is 6.61 Å². The molecule has 3 N–H and O–H groups in total. The minimum absolute atomic E-state index is 0.147. The van der Waals surface area contributed by atoms with Gasteiger partial charge in [0.05, 0.1) is 22.8 Å². The number of esters is 2. The molecule has 0 aliphatic heterocycles. The van der Waals surface area contributed by atoms with Gasteiger partial charge in [0.2, 0.25) is 10.0 Å². The number of amides is 1. The minimum Gasteiger partial charge on any atom is -0.462 e. The molecular weight excluding hydrogens is 456 g/mol. The van der Waals surface area contributed by atoms with Crippen LogP contribution in [0.15, 0.2) is 23.1 Å². The topological polar surface area (TPSA) is 142 Å². The lowest BCUT2D eigenvalue weighted by Gasteiger charge is -2.09. The Morgan fingerprint density at radius 1 is 1.17 bits per heavy atom. The molecule has 9 nitrogen and oxygen atoms in total. The summed E-state index contributed by atoms with van der Waals surface area (Å²) in [4.78, 5) is 36.9. The van der Waals surface area contributed by atoms with E-state index in [1.807, 2.05) is 0 Å². The first kappa shape index (κ1) is 23.8. The number of halogens is 1. The number of sulfonamides is 1. The molecule has 0 aliphatic carbocycles. The highest BCUT2D eigenvalue weighted by Gasteiger charge is 2.23. The normalized spacial score (nSPS) is 11.1. The van der Waals surface area contributed by atoms with Gasteiger partial charge in [-0.15, -0.1) is 11.3 Å². The molecule has 0 atom stereocenters. The maximum atomic E-state index is 12.2. The second-order valence-electron chi connectivity index (χ2n) is 6.02. The van der Waals surface area contributed by atoms with Crippen molar-refractivity contribution in [3.63, 3.8) is 0 Å². The Kier molecular flexibility index (Phi) is 7.59. The van der Waals surface area contributed by atoms with Crippen molar-refractivity contribution in [3.8, 4) is 0 Å². The second-order valence-corrected chi connectivity index (χ2v) is 9.18. The average molecular weight is 475 g/mol. The van der Waals surface area contributed by atoms with E-state index >= 15 is 0 Å². The number of anilines is 1. The molecule has 0 aliphatic rings. The predicted octanol–water partition coefficient (Wildman–Crippen LogP) is 2.64. The van der Waals surface area contributed by atoms with E-state index in [2.05, 4.69) is 5.32 Å². The Morgan fingerprint density at radius 3 is 2.43 bits per heavy atom. The Balaban J connectivity index is 2.10. The van der Waals surface area contributed by atoms with Crippen molar-refractivity contribution in [1.29, 1.82) is 0 Å². The van der Waals surface area contributed by atoms with Crippen LogP contribution in [0.2, 0.25) is 5.02 Å². The number of carbonyl (C=O) groups excluding carboxylic acids is 3. The molecule has 0 radical (unpaired) electrons. The summed E-state index contributed by atoms with van der Waals surface area (Å²) in [6.07, 6.45) is 0. The van der Waals surface area contributed by atoms with Crippen molar-refractivity contribution in [3.05, 3.63) is 44.8 Å². The van der Waals surface area contributed by atoms with Gasteiger partial charge in [-0.2, -0.15) is 0 Å². The number of ether oxygens (including phenoxy) is 2. The molecule has 0 spiro atoms. The third-order valence-corrected chi connectivity index (χ3v) is 6.44. The van der Waals surface area contributed by atoms with Gasteiger partial charge in [-0.05, 0) is 44.5 Å². The number of hydrogen-bond acceptors (Lipinski definition) is 8. The van der Waals surface area contributed by atoms with Gasteiger partial charge in [0, 0.05) is 4.88 Å². The van der Waals surface area contributed by atoms with Crippen LogP contribution >= 0.6 is 22.9 Å². The summed E-state index contributed by atoms with van der Waals surface area (Å²) in [5.74, 6) is -2.20.